The van der Waals surface area contributed by atoms with E-state index >= 15 is 0 Å². The number of thiophene rings is 1. The Kier molecular flexibility index (Phi) is 4.48. The molecule has 1 aromatic rings. The molecule has 102 valence electrons. The summed E-state index contributed by atoms with van der Waals surface area (Å²) in [5, 5.41) is 0. The summed E-state index contributed by atoms with van der Waals surface area (Å²) in [6.45, 7) is 4.51. The van der Waals surface area contributed by atoms with Crippen LogP contribution >= 0.6 is 27.3 Å². The maximum atomic E-state index is 12.1. The molecule has 1 saturated carbocycles. The van der Waals surface area contributed by atoms with Crippen LogP contribution in [0.2, 0.25) is 0 Å². The Balaban J connectivity index is 1.97. The fourth-order valence-corrected chi connectivity index (χ4v) is 5.38. The van der Waals surface area contributed by atoms with Crippen molar-refractivity contribution in [2.45, 2.75) is 43.0 Å². The molecule has 0 unspecified atom stereocenters. The van der Waals surface area contributed by atoms with E-state index < -0.39 is 10.0 Å². The quantitative estimate of drug-likeness (QED) is 0.885. The van der Waals surface area contributed by atoms with Gasteiger partial charge in [0, 0.05) is 12.6 Å². The van der Waals surface area contributed by atoms with Gasteiger partial charge in [0.25, 0.3) is 0 Å². The third kappa shape index (κ3) is 3.14. The van der Waals surface area contributed by atoms with E-state index in [1.54, 1.807) is 6.07 Å². The number of ether oxygens (including phenoxy) is 1. The topological polar surface area (TPSA) is 55.4 Å². The highest BCUT2D eigenvalue weighted by Gasteiger charge is 2.33. The van der Waals surface area contributed by atoms with Gasteiger partial charge >= 0.3 is 0 Å². The highest BCUT2D eigenvalue weighted by atomic mass is 79.9. The SMILES string of the molecule is CCOC1CC(NS(=O)(=O)c2cc(C)c(Br)s2)C1. The molecule has 0 spiro atoms. The zero-order valence-electron chi connectivity index (χ0n) is 10.3. The Hall–Kier alpha value is 0.0500. The first-order valence-electron chi connectivity index (χ1n) is 5.82. The second-order valence-corrected chi connectivity index (χ2v) is 8.70. The third-order valence-corrected chi connectivity index (χ3v) is 7.05. The Labute approximate surface area is 120 Å². The van der Waals surface area contributed by atoms with E-state index in [-0.39, 0.29) is 12.1 Å². The maximum Gasteiger partial charge on any atom is 0.250 e. The molecule has 1 N–H and O–H groups in total. The van der Waals surface area contributed by atoms with Crippen molar-refractivity contribution in [3.05, 3.63) is 15.4 Å². The number of halogens is 1. The Morgan fingerprint density at radius 2 is 2.22 bits per heavy atom. The first kappa shape index (κ1) is 14.5. The normalized spacial score (nSPS) is 23.9. The molecule has 0 atom stereocenters. The van der Waals surface area contributed by atoms with Gasteiger partial charge in [0.1, 0.15) is 4.21 Å². The summed E-state index contributed by atoms with van der Waals surface area (Å²) >= 11 is 4.59. The molecular formula is C11H16BrNO3S2. The highest BCUT2D eigenvalue weighted by Crippen LogP contribution is 2.32. The molecule has 0 aromatic carbocycles. The minimum atomic E-state index is -3.38. The fourth-order valence-electron chi connectivity index (χ4n) is 1.88. The molecule has 0 saturated heterocycles. The molecule has 0 aliphatic heterocycles. The summed E-state index contributed by atoms with van der Waals surface area (Å²) in [6, 6.07) is 1.70. The van der Waals surface area contributed by atoms with Gasteiger partial charge in [0.2, 0.25) is 10.0 Å². The van der Waals surface area contributed by atoms with Crippen LogP contribution in [0.3, 0.4) is 0 Å². The number of nitrogens with one attached hydrogen (secondary N) is 1. The van der Waals surface area contributed by atoms with E-state index in [0.29, 0.717) is 10.8 Å². The minimum absolute atomic E-state index is 0.00716. The summed E-state index contributed by atoms with van der Waals surface area (Å²) in [4.78, 5) is 0. The van der Waals surface area contributed by atoms with Gasteiger partial charge in [-0.05, 0) is 54.2 Å². The van der Waals surface area contributed by atoms with Crippen molar-refractivity contribution < 1.29 is 13.2 Å². The predicted octanol–water partition coefficient (Wildman–Crippen LogP) is 2.66. The van der Waals surface area contributed by atoms with Crippen molar-refractivity contribution >= 4 is 37.3 Å². The molecule has 2 rings (SSSR count). The van der Waals surface area contributed by atoms with Gasteiger partial charge in [-0.2, -0.15) is 0 Å². The van der Waals surface area contributed by atoms with Crippen LogP contribution in [0.1, 0.15) is 25.3 Å². The average molecular weight is 354 g/mol. The van der Waals surface area contributed by atoms with Gasteiger partial charge < -0.3 is 4.74 Å². The van der Waals surface area contributed by atoms with Crippen molar-refractivity contribution in [3.63, 3.8) is 0 Å². The third-order valence-electron chi connectivity index (χ3n) is 2.92. The molecule has 0 bridgehead atoms. The van der Waals surface area contributed by atoms with Crippen LogP contribution in [-0.2, 0) is 14.8 Å². The predicted molar refractivity (Wildman–Crippen MR) is 75.5 cm³/mol. The van der Waals surface area contributed by atoms with E-state index in [4.69, 9.17) is 4.74 Å². The first-order valence-corrected chi connectivity index (χ1v) is 8.91. The van der Waals surface area contributed by atoms with E-state index in [1.807, 2.05) is 13.8 Å². The second kappa shape index (κ2) is 5.58. The average Bonchev–Trinajstić information content (AvgIpc) is 2.57. The fraction of sp³-hybridized carbons (Fsp3) is 0.636. The van der Waals surface area contributed by atoms with Crippen molar-refractivity contribution in [3.8, 4) is 0 Å². The molecule has 1 fully saturated rings. The lowest BCUT2D eigenvalue weighted by molar-refractivity contribution is -0.00474. The largest absolute Gasteiger partial charge is 0.378 e. The second-order valence-electron chi connectivity index (χ2n) is 4.39. The van der Waals surface area contributed by atoms with Gasteiger partial charge in [0.15, 0.2) is 0 Å². The standard InChI is InChI=1S/C11H16BrNO3S2/c1-3-16-9-5-8(6-9)13-18(14,15)10-4-7(2)11(12)17-10/h4,8-9,13H,3,5-6H2,1-2H3. The summed E-state index contributed by atoms with van der Waals surface area (Å²) in [5.74, 6) is 0. The van der Waals surface area contributed by atoms with Crippen LogP contribution < -0.4 is 4.72 Å². The van der Waals surface area contributed by atoms with Crippen molar-refractivity contribution in [1.82, 2.24) is 4.72 Å². The monoisotopic (exact) mass is 353 g/mol. The zero-order valence-corrected chi connectivity index (χ0v) is 13.5. The van der Waals surface area contributed by atoms with Crippen molar-refractivity contribution in [2.75, 3.05) is 6.61 Å². The maximum absolute atomic E-state index is 12.1. The molecule has 0 amide bonds. The summed E-state index contributed by atoms with van der Waals surface area (Å²) in [6.07, 6.45) is 1.73. The van der Waals surface area contributed by atoms with Crippen LogP contribution in [0.4, 0.5) is 0 Å². The molecular weight excluding hydrogens is 338 g/mol. The summed E-state index contributed by atoms with van der Waals surface area (Å²) in [5.41, 5.74) is 0.946. The zero-order chi connectivity index (χ0) is 13.3. The van der Waals surface area contributed by atoms with Crippen molar-refractivity contribution in [2.24, 2.45) is 0 Å². The Morgan fingerprint density at radius 1 is 1.56 bits per heavy atom. The van der Waals surface area contributed by atoms with Gasteiger partial charge in [-0.3, -0.25) is 0 Å². The van der Waals surface area contributed by atoms with Crippen LogP contribution in [0, 0.1) is 6.92 Å². The van der Waals surface area contributed by atoms with Crippen molar-refractivity contribution in [1.29, 1.82) is 0 Å². The molecule has 1 aliphatic rings. The molecule has 0 radical (unpaired) electrons. The Morgan fingerprint density at radius 3 is 2.72 bits per heavy atom. The smallest absolute Gasteiger partial charge is 0.250 e. The van der Waals surface area contributed by atoms with Gasteiger partial charge in [-0.25, -0.2) is 13.1 Å². The molecule has 1 heterocycles. The molecule has 1 aromatic heterocycles. The number of hydrogen-bond donors (Lipinski definition) is 1. The highest BCUT2D eigenvalue weighted by molar-refractivity contribution is 9.11. The van der Waals surface area contributed by atoms with E-state index in [9.17, 15) is 8.42 Å². The lowest BCUT2D eigenvalue weighted by Crippen LogP contribution is -2.47. The first-order chi connectivity index (χ1) is 8.42. The van der Waals surface area contributed by atoms with Crippen LogP contribution in [-0.4, -0.2) is 27.2 Å². The van der Waals surface area contributed by atoms with Gasteiger partial charge in [0.05, 0.1) is 9.89 Å². The van der Waals surface area contributed by atoms with Crippen LogP contribution in [0.15, 0.2) is 14.1 Å². The van der Waals surface area contributed by atoms with Gasteiger partial charge in [-0.1, -0.05) is 0 Å². The van der Waals surface area contributed by atoms with Crippen LogP contribution in [0.25, 0.3) is 0 Å². The van der Waals surface area contributed by atoms with Crippen LogP contribution in [0.5, 0.6) is 0 Å². The Bertz CT molecular complexity index is 501. The molecule has 1 aliphatic carbocycles. The van der Waals surface area contributed by atoms with E-state index in [2.05, 4.69) is 20.7 Å². The molecule has 18 heavy (non-hydrogen) atoms. The summed E-state index contributed by atoms with van der Waals surface area (Å²) < 4.78 is 33.6. The lowest BCUT2D eigenvalue weighted by Gasteiger charge is -2.34. The van der Waals surface area contributed by atoms with E-state index in [0.717, 1.165) is 22.2 Å². The van der Waals surface area contributed by atoms with Gasteiger partial charge in [-0.15, -0.1) is 11.3 Å². The van der Waals surface area contributed by atoms with E-state index in [1.165, 1.54) is 11.3 Å². The number of sulfonamides is 1. The number of hydrogen-bond acceptors (Lipinski definition) is 4. The molecule has 7 heteroatoms. The summed E-state index contributed by atoms with van der Waals surface area (Å²) in [7, 11) is -3.38. The molecule has 4 nitrogen and oxygen atoms in total. The number of aryl methyl sites for hydroxylation is 1. The minimum Gasteiger partial charge on any atom is -0.378 e. The lowest BCUT2D eigenvalue weighted by atomic mass is 9.90. The number of rotatable bonds is 5.